The van der Waals surface area contributed by atoms with Gasteiger partial charge in [0.25, 0.3) is 0 Å². The number of aromatic amines is 1. The number of aromatic nitrogens is 5. The van der Waals surface area contributed by atoms with E-state index in [0.717, 1.165) is 73.9 Å². The fourth-order valence-electron chi connectivity index (χ4n) is 8.04. The first-order chi connectivity index (χ1) is 29.8. The molecular weight excluding hydrogens is 790 g/mol. The maximum absolute atomic E-state index is 16.1. The lowest BCUT2D eigenvalue weighted by Crippen LogP contribution is -2.49. The van der Waals surface area contributed by atoms with Crippen molar-refractivity contribution in [3.8, 4) is 22.5 Å². The highest BCUT2D eigenvalue weighted by Gasteiger charge is 2.27. The first kappa shape index (κ1) is 42.0. The zero-order valence-corrected chi connectivity index (χ0v) is 35.6. The van der Waals surface area contributed by atoms with Crippen LogP contribution in [-0.2, 0) is 10.2 Å². The number of carbonyl (C=O) groups excluding carboxylic acids is 3. The summed E-state index contributed by atoms with van der Waals surface area (Å²) >= 11 is 0. The summed E-state index contributed by atoms with van der Waals surface area (Å²) in [6.45, 7) is 14.2. The first-order valence-electron chi connectivity index (χ1n) is 21.1. The molecule has 16 heteroatoms. The molecular formula is C46H52FN11O4. The van der Waals surface area contributed by atoms with Crippen LogP contribution in [0, 0.1) is 18.7 Å². The number of imide groups is 1. The van der Waals surface area contributed by atoms with Crippen LogP contribution in [0.3, 0.4) is 0 Å². The van der Waals surface area contributed by atoms with Crippen LogP contribution in [0.1, 0.15) is 80.6 Å². The van der Waals surface area contributed by atoms with Gasteiger partial charge in [-0.15, -0.1) is 0 Å². The van der Waals surface area contributed by atoms with Gasteiger partial charge in [0, 0.05) is 78.3 Å². The molecule has 15 nitrogen and oxygen atoms in total. The molecule has 6 aromatic rings. The van der Waals surface area contributed by atoms with Crippen molar-refractivity contribution >= 4 is 45.9 Å². The van der Waals surface area contributed by atoms with Crippen molar-refractivity contribution in [2.45, 2.75) is 65.3 Å². The third-order valence-corrected chi connectivity index (χ3v) is 11.7. The molecule has 2 aliphatic rings. The first-order valence-corrected chi connectivity index (χ1v) is 21.1. The van der Waals surface area contributed by atoms with Gasteiger partial charge >= 0.3 is 17.8 Å². The third kappa shape index (κ3) is 9.15. The molecule has 2 fully saturated rings. The summed E-state index contributed by atoms with van der Waals surface area (Å²) in [4.78, 5) is 57.1. The highest BCUT2D eigenvalue weighted by Crippen LogP contribution is 2.35. The van der Waals surface area contributed by atoms with Gasteiger partial charge in [-0.25, -0.2) is 19.2 Å². The second-order valence-electron chi connectivity index (χ2n) is 17.1. The van der Waals surface area contributed by atoms with Gasteiger partial charge < -0.3 is 30.4 Å². The largest absolute Gasteiger partial charge is 0.384 e. The molecule has 3 aromatic heterocycles. The van der Waals surface area contributed by atoms with Crippen LogP contribution >= 0.6 is 0 Å². The molecule has 5 N–H and O–H groups in total. The number of fused-ring (bicyclic) bond motifs is 1. The Morgan fingerprint density at radius 2 is 1.71 bits per heavy atom. The lowest BCUT2D eigenvalue weighted by molar-refractivity contribution is -0.120. The maximum Gasteiger partial charge on any atom is 0.328 e. The number of benzene rings is 3. The minimum absolute atomic E-state index is 0.142. The summed E-state index contributed by atoms with van der Waals surface area (Å²) in [5.41, 5.74) is 6.78. The van der Waals surface area contributed by atoms with Crippen LogP contribution in [0.25, 0.3) is 33.5 Å². The number of nitrogens with one attached hydrogen (secondary N) is 5. The Labute approximate surface area is 359 Å². The molecule has 0 aliphatic carbocycles. The fraction of sp³-hybridized carbons (Fsp3) is 0.370. The van der Waals surface area contributed by atoms with Crippen molar-refractivity contribution in [2.75, 3.05) is 54.4 Å². The number of H-pyrrole nitrogens is 1. The van der Waals surface area contributed by atoms with E-state index in [4.69, 9.17) is 4.52 Å². The Morgan fingerprint density at radius 1 is 0.968 bits per heavy atom. The van der Waals surface area contributed by atoms with Crippen LogP contribution < -0.4 is 31.1 Å². The van der Waals surface area contributed by atoms with Gasteiger partial charge in [-0.1, -0.05) is 44.1 Å². The van der Waals surface area contributed by atoms with Crippen molar-refractivity contribution in [3.63, 3.8) is 0 Å². The van der Waals surface area contributed by atoms with Crippen molar-refractivity contribution < 1.29 is 23.3 Å². The van der Waals surface area contributed by atoms with E-state index in [9.17, 15) is 14.4 Å². The molecule has 62 heavy (non-hydrogen) atoms. The third-order valence-electron chi connectivity index (χ3n) is 11.7. The molecule has 0 radical (unpaired) electrons. The molecule has 322 valence electrons. The summed E-state index contributed by atoms with van der Waals surface area (Å²) < 4.78 is 21.3. The van der Waals surface area contributed by atoms with E-state index in [1.54, 1.807) is 30.9 Å². The summed E-state index contributed by atoms with van der Waals surface area (Å²) in [5.74, 6) is -0.299. The number of hydrogen-bond acceptors (Lipinski definition) is 11. The zero-order chi connectivity index (χ0) is 43.5. The highest BCUT2D eigenvalue weighted by atomic mass is 19.1. The minimum Gasteiger partial charge on any atom is -0.384 e. The van der Waals surface area contributed by atoms with Crippen molar-refractivity contribution in [1.82, 2.24) is 41.0 Å². The van der Waals surface area contributed by atoms with Gasteiger partial charge in [0.05, 0.1) is 11.7 Å². The highest BCUT2D eigenvalue weighted by molar-refractivity contribution is 6.05. The molecule has 2 saturated heterocycles. The maximum atomic E-state index is 16.1. The molecule has 0 unspecified atom stereocenters. The van der Waals surface area contributed by atoms with Crippen LogP contribution in [0.15, 0.2) is 77.6 Å². The Morgan fingerprint density at radius 3 is 2.42 bits per heavy atom. The molecule has 3 aromatic carbocycles. The Balaban J connectivity index is 0.810. The second-order valence-corrected chi connectivity index (χ2v) is 17.1. The average molecular weight is 842 g/mol. The van der Waals surface area contributed by atoms with Crippen molar-refractivity contribution in [2.24, 2.45) is 5.92 Å². The predicted octanol–water partition coefficient (Wildman–Crippen LogP) is 7.28. The average Bonchev–Trinajstić information content (AvgIpc) is 3.95. The Bertz CT molecular complexity index is 2570. The monoisotopic (exact) mass is 841 g/mol. The lowest BCUT2D eigenvalue weighted by atomic mass is 9.96. The lowest BCUT2D eigenvalue weighted by Gasteiger charge is -2.34. The summed E-state index contributed by atoms with van der Waals surface area (Å²) in [7, 11) is 0. The van der Waals surface area contributed by atoms with Crippen LogP contribution in [0.4, 0.5) is 26.2 Å². The zero-order valence-electron chi connectivity index (χ0n) is 35.6. The smallest absolute Gasteiger partial charge is 0.328 e. The number of piperidine rings is 1. The predicted molar refractivity (Wildman–Crippen MR) is 237 cm³/mol. The molecule has 5 heterocycles. The van der Waals surface area contributed by atoms with E-state index in [0.29, 0.717) is 58.1 Å². The normalized spacial score (nSPS) is 15.5. The number of anilines is 3. The fourth-order valence-corrected chi connectivity index (χ4v) is 8.04. The van der Waals surface area contributed by atoms with E-state index in [2.05, 4.69) is 63.4 Å². The Kier molecular flexibility index (Phi) is 12.0. The number of amides is 4. The van der Waals surface area contributed by atoms with Gasteiger partial charge in [-0.05, 0) is 104 Å². The molecule has 4 amide bonds. The molecule has 1 atom stereocenters. The SMILES string of the molecule is Cc1c([C@@H](C)NC(=O)c2nc(C(C)(C)C)no2)ccc(-c2ncnc3[nH]c(-c4ccc(NCCNCC5CCN(c6ccc(N7CCC(=O)NC7=O)cc6)CC5)cc4)cc23)c1F. The summed E-state index contributed by atoms with van der Waals surface area (Å²) in [5, 5.41) is 17.0. The van der Waals surface area contributed by atoms with Gasteiger partial charge in [0.15, 0.2) is 5.82 Å². The van der Waals surface area contributed by atoms with Crippen LogP contribution in [0.5, 0.6) is 0 Å². The van der Waals surface area contributed by atoms with Crippen molar-refractivity contribution in [3.05, 3.63) is 102 Å². The van der Waals surface area contributed by atoms with Crippen LogP contribution in [-0.4, -0.2) is 82.2 Å². The molecule has 2 aliphatic heterocycles. The number of urea groups is 1. The topological polar surface area (TPSA) is 186 Å². The number of hydrogen-bond donors (Lipinski definition) is 5. The minimum atomic E-state index is -0.531. The number of rotatable bonds is 13. The van der Waals surface area contributed by atoms with Gasteiger partial charge in [-0.2, -0.15) is 4.98 Å². The number of halogens is 1. The second kappa shape index (κ2) is 17.7. The number of nitrogens with zero attached hydrogens (tertiary/aromatic N) is 6. The summed E-state index contributed by atoms with van der Waals surface area (Å²) in [6.07, 6.45) is 3.94. The summed E-state index contributed by atoms with van der Waals surface area (Å²) in [6, 6.07) is 20.7. The van der Waals surface area contributed by atoms with Gasteiger partial charge in [0.1, 0.15) is 17.8 Å². The quantitative estimate of drug-likeness (QED) is 0.0737. The van der Waals surface area contributed by atoms with E-state index in [-0.39, 0.29) is 23.2 Å². The van der Waals surface area contributed by atoms with Crippen LogP contribution in [0.2, 0.25) is 0 Å². The number of carbonyl (C=O) groups is 3. The molecule has 0 spiro atoms. The molecule has 0 bridgehead atoms. The Hall–Kier alpha value is -6.68. The van der Waals surface area contributed by atoms with E-state index in [1.165, 1.54) is 6.33 Å². The van der Waals surface area contributed by atoms with Crippen molar-refractivity contribution in [1.29, 1.82) is 0 Å². The van der Waals surface area contributed by atoms with E-state index >= 15 is 4.39 Å². The van der Waals surface area contributed by atoms with Gasteiger partial charge in [-0.3, -0.25) is 19.8 Å². The van der Waals surface area contributed by atoms with E-state index in [1.807, 2.05) is 63.2 Å². The standard InChI is InChI=1S/C46H52FN11O4/c1-27-34(28(2)52-42(60)43-55-44(56-62-43)46(3,4)5)14-15-35(39(27)47)40-36-24-37(53-41(36)51-26-50-40)30-6-8-31(9-7-30)49-20-19-48-25-29-16-21-57(22-17-29)32-10-12-33(13-11-32)58-23-18-38(59)54-45(58)61/h6-15,24,26,28-29,48-49H,16-23,25H2,1-5H3,(H,52,60)(H,50,51,53)(H,54,59,61)/t28-/m1/s1. The molecule has 0 saturated carbocycles. The van der Waals surface area contributed by atoms with E-state index < -0.39 is 17.8 Å². The molecule has 8 rings (SSSR count). The van der Waals surface area contributed by atoms with Gasteiger partial charge in [0.2, 0.25) is 5.91 Å².